The fourth-order valence-corrected chi connectivity index (χ4v) is 1.91. The summed E-state index contributed by atoms with van der Waals surface area (Å²) in [5.41, 5.74) is 6.97. The topological polar surface area (TPSA) is 72.9 Å². The predicted octanol–water partition coefficient (Wildman–Crippen LogP) is 1.82. The molecule has 0 radical (unpaired) electrons. The van der Waals surface area contributed by atoms with Crippen LogP contribution in [-0.4, -0.2) is 15.5 Å². The highest BCUT2D eigenvalue weighted by molar-refractivity contribution is 9.10. The van der Waals surface area contributed by atoms with Gasteiger partial charge in [-0.05, 0) is 24.3 Å². The number of hydrogen-bond acceptors (Lipinski definition) is 3. The number of aromatic nitrogens is 2. The molecule has 0 saturated carbocycles. The molecule has 0 saturated heterocycles. The van der Waals surface area contributed by atoms with Crippen LogP contribution < -0.4 is 11.1 Å². The number of benzene rings is 1. The first-order chi connectivity index (χ1) is 8.58. The third-order valence-electron chi connectivity index (χ3n) is 2.59. The molecule has 2 rings (SSSR count). The van der Waals surface area contributed by atoms with Gasteiger partial charge in [-0.15, -0.1) is 0 Å². The Kier molecular flexibility index (Phi) is 3.66. The number of anilines is 1. The van der Waals surface area contributed by atoms with Gasteiger partial charge in [0.1, 0.15) is 6.04 Å². The summed E-state index contributed by atoms with van der Waals surface area (Å²) in [6.07, 6.45) is 3.26. The van der Waals surface area contributed by atoms with E-state index in [1.165, 1.54) is 0 Å². The molecule has 5 nitrogen and oxygen atoms in total. The Bertz CT molecular complexity index is 549. The van der Waals surface area contributed by atoms with Crippen LogP contribution in [0.2, 0.25) is 0 Å². The molecular formula is C12H13BrN4O. The Hall–Kier alpha value is -1.82. The summed E-state index contributed by atoms with van der Waals surface area (Å²) >= 11 is 3.36. The maximum absolute atomic E-state index is 11.5. The second-order valence-electron chi connectivity index (χ2n) is 3.92. The van der Waals surface area contributed by atoms with Gasteiger partial charge in [0.25, 0.3) is 0 Å². The molecule has 1 aromatic heterocycles. The zero-order valence-corrected chi connectivity index (χ0v) is 11.4. The van der Waals surface area contributed by atoms with E-state index >= 15 is 0 Å². The smallest absolute Gasteiger partial charge is 0.246 e. The van der Waals surface area contributed by atoms with Crippen LogP contribution in [0.4, 0.5) is 5.69 Å². The van der Waals surface area contributed by atoms with Gasteiger partial charge in [0.2, 0.25) is 5.91 Å². The third kappa shape index (κ3) is 2.70. The zero-order valence-electron chi connectivity index (χ0n) is 9.80. The fraction of sp³-hybridized carbons (Fsp3) is 0.167. The van der Waals surface area contributed by atoms with E-state index in [2.05, 4.69) is 26.2 Å². The SMILES string of the molecule is Cn1cncc1C(Nc1ccc(Br)cc1)C(N)=O. The van der Waals surface area contributed by atoms with Crippen LogP contribution in [-0.2, 0) is 11.8 Å². The van der Waals surface area contributed by atoms with Gasteiger partial charge >= 0.3 is 0 Å². The van der Waals surface area contributed by atoms with Crippen molar-refractivity contribution in [3.63, 3.8) is 0 Å². The van der Waals surface area contributed by atoms with Crippen LogP contribution in [0.15, 0.2) is 41.3 Å². The monoisotopic (exact) mass is 308 g/mol. The van der Waals surface area contributed by atoms with E-state index in [0.29, 0.717) is 0 Å². The molecule has 94 valence electrons. The van der Waals surface area contributed by atoms with Gasteiger partial charge in [0.15, 0.2) is 0 Å². The molecule has 1 heterocycles. The van der Waals surface area contributed by atoms with Gasteiger partial charge in [0.05, 0.1) is 18.2 Å². The largest absolute Gasteiger partial charge is 0.369 e. The summed E-state index contributed by atoms with van der Waals surface area (Å²) in [6.45, 7) is 0. The molecule has 1 unspecified atom stereocenters. The van der Waals surface area contributed by atoms with Crippen molar-refractivity contribution in [2.45, 2.75) is 6.04 Å². The van der Waals surface area contributed by atoms with E-state index in [1.807, 2.05) is 31.3 Å². The predicted molar refractivity (Wildman–Crippen MR) is 72.9 cm³/mol. The molecular weight excluding hydrogens is 296 g/mol. The average molecular weight is 309 g/mol. The summed E-state index contributed by atoms with van der Waals surface area (Å²) < 4.78 is 2.74. The lowest BCUT2D eigenvalue weighted by molar-refractivity contribution is -0.118. The third-order valence-corrected chi connectivity index (χ3v) is 3.12. The van der Waals surface area contributed by atoms with Gasteiger partial charge < -0.3 is 15.6 Å². The molecule has 0 bridgehead atoms. The van der Waals surface area contributed by atoms with Gasteiger partial charge in [-0.1, -0.05) is 15.9 Å². The summed E-state index contributed by atoms with van der Waals surface area (Å²) in [6, 6.07) is 6.93. The quantitative estimate of drug-likeness (QED) is 0.905. The zero-order chi connectivity index (χ0) is 13.1. The van der Waals surface area contributed by atoms with E-state index in [1.54, 1.807) is 17.1 Å². The molecule has 3 N–H and O–H groups in total. The fourth-order valence-electron chi connectivity index (χ4n) is 1.65. The van der Waals surface area contributed by atoms with E-state index < -0.39 is 11.9 Å². The van der Waals surface area contributed by atoms with Crippen LogP contribution >= 0.6 is 15.9 Å². The average Bonchev–Trinajstić information content (AvgIpc) is 2.74. The van der Waals surface area contributed by atoms with Crippen molar-refractivity contribution in [3.05, 3.63) is 47.0 Å². The lowest BCUT2D eigenvalue weighted by Crippen LogP contribution is -2.29. The van der Waals surface area contributed by atoms with Crippen molar-refractivity contribution < 1.29 is 4.79 Å². The van der Waals surface area contributed by atoms with Crippen LogP contribution in [0.1, 0.15) is 11.7 Å². The van der Waals surface area contributed by atoms with E-state index in [4.69, 9.17) is 5.73 Å². The van der Waals surface area contributed by atoms with Gasteiger partial charge in [-0.2, -0.15) is 0 Å². The van der Waals surface area contributed by atoms with Gasteiger partial charge in [-0.3, -0.25) is 4.79 Å². The second kappa shape index (κ2) is 5.22. The molecule has 0 aliphatic carbocycles. The van der Waals surface area contributed by atoms with Crippen LogP contribution in [0.3, 0.4) is 0 Å². The number of halogens is 1. The molecule has 0 aliphatic heterocycles. The van der Waals surface area contributed by atoms with Crippen LogP contribution in [0, 0.1) is 0 Å². The van der Waals surface area contributed by atoms with E-state index in [-0.39, 0.29) is 0 Å². The molecule has 1 atom stereocenters. The minimum absolute atomic E-state index is 0.443. The lowest BCUT2D eigenvalue weighted by atomic mass is 10.2. The number of nitrogens with one attached hydrogen (secondary N) is 1. The van der Waals surface area contributed by atoms with E-state index in [9.17, 15) is 4.79 Å². The summed E-state index contributed by atoms with van der Waals surface area (Å²) in [4.78, 5) is 15.5. The molecule has 2 aromatic rings. The summed E-state index contributed by atoms with van der Waals surface area (Å²) in [5.74, 6) is -0.443. The number of imidazole rings is 1. The molecule has 1 amide bonds. The number of primary amides is 1. The molecule has 6 heteroatoms. The van der Waals surface area contributed by atoms with Crippen molar-refractivity contribution in [1.29, 1.82) is 0 Å². The number of amides is 1. The Morgan fingerprint density at radius 3 is 2.61 bits per heavy atom. The number of hydrogen-bond donors (Lipinski definition) is 2. The summed E-state index contributed by atoms with van der Waals surface area (Å²) in [7, 11) is 1.82. The van der Waals surface area contributed by atoms with Crippen molar-refractivity contribution in [2.75, 3.05) is 5.32 Å². The molecule has 18 heavy (non-hydrogen) atoms. The Balaban J connectivity index is 2.25. The highest BCUT2D eigenvalue weighted by Gasteiger charge is 2.20. The van der Waals surface area contributed by atoms with E-state index in [0.717, 1.165) is 15.9 Å². The number of aryl methyl sites for hydroxylation is 1. The minimum Gasteiger partial charge on any atom is -0.369 e. The molecule has 1 aromatic carbocycles. The molecule has 0 aliphatic rings. The number of nitrogens with two attached hydrogens (primary N) is 1. The number of rotatable bonds is 4. The molecule has 0 fully saturated rings. The highest BCUT2D eigenvalue weighted by Crippen LogP contribution is 2.20. The Morgan fingerprint density at radius 2 is 2.11 bits per heavy atom. The highest BCUT2D eigenvalue weighted by atomic mass is 79.9. The van der Waals surface area contributed by atoms with Crippen LogP contribution in [0.25, 0.3) is 0 Å². The molecule has 0 spiro atoms. The van der Waals surface area contributed by atoms with Gasteiger partial charge in [0, 0.05) is 17.2 Å². The number of carbonyl (C=O) groups is 1. The van der Waals surface area contributed by atoms with Crippen molar-refractivity contribution in [3.8, 4) is 0 Å². The summed E-state index contributed by atoms with van der Waals surface area (Å²) in [5, 5.41) is 3.09. The minimum atomic E-state index is -0.598. The normalized spacial score (nSPS) is 12.1. The Labute approximate surface area is 113 Å². The van der Waals surface area contributed by atoms with Crippen molar-refractivity contribution >= 4 is 27.5 Å². The Morgan fingerprint density at radius 1 is 1.44 bits per heavy atom. The lowest BCUT2D eigenvalue weighted by Gasteiger charge is -2.17. The first-order valence-corrected chi connectivity index (χ1v) is 6.15. The second-order valence-corrected chi connectivity index (χ2v) is 4.83. The first kappa shape index (κ1) is 12.6. The maximum atomic E-state index is 11.5. The maximum Gasteiger partial charge on any atom is 0.246 e. The first-order valence-electron chi connectivity index (χ1n) is 5.35. The van der Waals surface area contributed by atoms with Gasteiger partial charge in [-0.25, -0.2) is 4.98 Å². The van der Waals surface area contributed by atoms with Crippen LogP contribution in [0.5, 0.6) is 0 Å². The van der Waals surface area contributed by atoms with Crippen molar-refractivity contribution in [2.24, 2.45) is 12.8 Å². The number of nitrogens with zero attached hydrogens (tertiary/aromatic N) is 2. The number of carbonyl (C=O) groups excluding carboxylic acids is 1. The standard InChI is InChI=1S/C12H13BrN4O/c1-17-7-15-6-10(17)11(12(14)18)16-9-4-2-8(13)3-5-9/h2-7,11,16H,1H3,(H2,14,18). The van der Waals surface area contributed by atoms with Crippen molar-refractivity contribution in [1.82, 2.24) is 9.55 Å².